The summed E-state index contributed by atoms with van der Waals surface area (Å²) in [7, 11) is 0. The summed E-state index contributed by atoms with van der Waals surface area (Å²) in [5.41, 5.74) is 1.59. The van der Waals surface area contributed by atoms with Gasteiger partial charge in [-0.2, -0.15) is 0 Å². The minimum absolute atomic E-state index is 0.132. The Morgan fingerprint density at radius 1 is 1.26 bits per heavy atom. The van der Waals surface area contributed by atoms with Gasteiger partial charge < -0.3 is 5.32 Å². The quantitative estimate of drug-likeness (QED) is 0.659. The van der Waals surface area contributed by atoms with Gasteiger partial charge in [-0.1, -0.05) is 13.0 Å². The number of hydrogen-bond donors (Lipinski definition) is 1. The molecule has 0 fully saturated rings. The standard InChI is InChI=1S/C14H16N2O2S/c1-3-11-5-6-12(19-11)9-15-13-7-4-10(2)8-14(13)16(17)18/h4-8,15H,3,9H2,1-2H3. The van der Waals surface area contributed by atoms with Gasteiger partial charge in [0.15, 0.2) is 0 Å². The number of anilines is 1. The van der Waals surface area contributed by atoms with Gasteiger partial charge in [0.05, 0.1) is 4.92 Å². The van der Waals surface area contributed by atoms with Crippen molar-refractivity contribution in [3.8, 4) is 0 Å². The van der Waals surface area contributed by atoms with E-state index in [1.165, 1.54) is 9.75 Å². The number of nitrogens with zero attached hydrogens (tertiary/aromatic N) is 1. The van der Waals surface area contributed by atoms with E-state index in [9.17, 15) is 10.1 Å². The summed E-state index contributed by atoms with van der Waals surface area (Å²) in [5, 5.41) is 14.1. The Labute approximate surface area is 116 Å². The zero-order valence-electron chi connectivity index (χ0n) is 11.0. The Hall–Kier alpha value is -1.88. The van der Waals surface area contributed by atoms with Crippen LogP contribution in [-0.4, -0.2) is 4.92 Å². The van der Waals surface area contributed by atoms with Crippen LogP contribution in [0.2, 0.25) is 0 Å². The second-order valence-electron chi connectivity index (χ2n) is 4.35. The Bertz CT molecular complexity index is 593. The number of nitrogens with one attached hydrogen (secondary N) is 1. The molecule has 0 spiro atoms. The van der Waals surface area contributed by atoms with Gasteiger partial charge in [-0.3, -0.25) is 10.1 Å². The highest BCUT2D eigenvalue weighted by Gasteiger charge is 2.13. The number of benzene rings is 1. The molecule has 0 bridgehead atoms. The fraction of sp³-hybridized carbons (Fsp3) is 0.286. The largest absolute Gasteiger partial charge is 0.375 e. The number of thiophene rings is 1. The van der Waals surface area contributed by atoms with Gasteiger partial charge in [0, 0.05) is 22.4 Å². The summed E-state index contributed by atoms with van der Waals surface area (Å²) >= 11 is 1.74. The number of aryl methyl sites for hydroxylation is 2. The van der Waals surface area contributed by atoms with Crippen LogP contribution in [0, 0.1) is 17.0 Å². The lowest BCUT2D eigenvalue weighted by Gasteiger charge is -2.06. The van der Waals surface area contributed by atoms with Gasteiger partial charge in [0.25, 0.3) is 5.69 Å². The first-order valence-electron chi connectivity index (χ1n) is 6.16. The molecule has 2 aromatic rings. The molecule has 0 saturated heterocycles. The van der Waals surface area contributed by atoms with Crippen molar-refractivity contribution in [3.05, 3.63) is 55.8 Å². The van der Waals surface area contributed by atoms with Gasteiger partial charge >= 0.3 is 0 Å². The van der Waals surface area contributed by atoms with Gasteiger partial charge in [0.2, 0.25) is 0 Å². The highest BCUT2D eigenvalue weighted by atomic mass is 32.1. The summed E-state index contributed by atoms with van der Waals surface area (Å²) < 4.78 is 0. The van der Waals surface area contributed by atoms with Crippen molar-refractivity contribution in [1.82, 2.24) is 0 Å². The average molecular weight is 276 g/mol. The molecule has 0 saturated carbocycles. The molecule has 0 aliphatic rings. The molecule has 1 N–H and O–H groups in total. The fourth-order valence-electron chi connectivity index (χ4n) is 1.83. The van der Waals surface area contributed by atoms with E-state index in [1.807, 2.05) is 13.0 Å². The van der Waals surface area contributed by atoms with Crippen LogP contribution in [0.15, 0.2) is 30.3 Å². The van der Waals surface area contributed by atoms with Crippen LogP contribution in [0.4, 0.5) is 11.4 Å². The molecule has 1 aromatic carbocycles. The Morgan fingerprint density at radius 2 is 2.00 bits per heavy atom. The Morgan fingerprint density at radius 3 is 2.63 bits per heavy atom. The van der Waals surface area contributed by atoms with E-state index in [0.717, 1.165) is 12.0 Å². The molecule has 19 heavy (non-hydrogen) atoms. The van der Waals surface area contributed by atoms with E-state index in [1.54, 1.807) is 23.5 Å². The van der Waals surface area contributed by atoms with E-state index in [2.05, 4.69) is 24.4 Å². The Kier molecular flexibility index (Phi) is 4.16. The van der Waals surface area contributed by atoms with Crippen LogP contribution in [-0.2, 0) is 13.0 Å². The van der Waals surface area contributed by atoms with Crippen LogP contribution in [0.5, 0.6) is 0 Å². The maximum absolute atomic E-state index is 11.0. The molecule has 2 rings (SSSR count). The second-order valence-corrected chi connectivity index (χ2v) is 5.61. The summed E-state index contributed by atoms with van der Waals surface area (Å²) in [5.74, 6) is 0. The molecular formula is C14H16N2O2S. The normalized spacial score (nSPS) is 10.4. The van der Waals surface area contributed by atoms with Gasteiger partial charge in [-0.05, 0) is 37.1 Å². The number of nitro groups is 1. The lowest BCUT2D eigenvalue weighted by atomic mass is 10.2. The maximum atomic E-state index is 11.0. The molecule has 1 aromatic heterocycles. The van der Waals surface area contributed by atoms with E-state index < -0.39 is 0 Å². The number of nitro benzene ring substituents is 1. The smallest absolute Gasteiger partial charge is 0.292 e. The number of hydrogen-bond acceptors (Lipinski definition) is 4. The van der Waals surface area contributed by atoms with Crippen LogP contribution < -0.4 is 5.32 Å². The molecule has 5 heteroatoms. The van der Waals surface area contributed by atoms with Crippen molar-refractivity contribution in [2.75, 3.05) is 5.32 Å². The first-order valence-corrected chi connectivity index (χ1v) is 6.98. The monoisotopic (exact) mass is 276 g/mol. The van der Waals surface area contributed by atoms with Crippen molar-refractivity contribution >= 4 is 22.7 Å². The summed E-state index contributed by atoms with van der Waals surface area (Å²) in [6.07, 6.45) is 1.02. The third kappa shape index (κ3) is 3.32. The first kappa shape index (κ1) is 13.5. The third-order valence-electron chi connectivity index (χ3n) is 2.87. The fourth-order valence-corrected chi connectivity index (χ4v) is 2.73. The predicted octanol–water partition coefficient (Wildman–Crippen LogP) is 4.14. The molecule has 0 amide bonds. The molecule has 0 atom stereocenters. The minimum Gasteiger partial charge on any atom is -0.375 e. The van der Waals surface area contributed by atoms with Crippen LogP contribution in [0.1, 0.15) is 22.2 Å². The van der Waals surface area contributed by atoms with Crippen molar-refractivity contribution in [2.45, 2.75) is 26.8 Å². The van der Waals surface area contributed by atoms with Gasteiger partial charge in [-0.15, -0.1) is 11.3 Å². The minimum atomic E-state index is -0.346. The Balaban J connectivity index is 2.12. The maximum Gasteiger partial charge on any atom is 0.292 e. The van der Waals surface area contributed by atoms with E-state index in [4.69, 9.17) is 0 Å². The van der Waals surface area contributed by atoms with E-state index in [0.29, 0.717) is 12.2 Å². The zero-order valence-corrected chi connectivity index (χ0v) is 11.8. The highest BCUT2D eigenvalue weighted by molar-refractivity contribution is 7.12. The van der Waals surface area contributed by atoms with Crippen molar-refractivity contribution < 1.29 is 4.92 Å². The van der Waals surface area contributed by atoms with Crippen molar-refractivity contribution in [1.29, 1.82) is 0 Å². The summed E-state index contributed by atoms with van der Waals surface area (Å²) in [6, 6.07) is 9.40. The molecule has 100 valence electrons. The molecule has 0 aliphatic carbocycles. The highest BCUT2D eigenvalue weighted by Crippen LogP contribution is 2.26. The van der Waals surface area contributed by atoms with Crippen LogP contribution >= 0.6 is 11.3 Å². The molecule has 4 nitrogen and oxygen atoms in total. The average Bonchev–Trinajstić information content (AvgIpc) is 2.85. The summed E-state index contributed by atoms with van der Waals surface area (Å²) in [4.78, 5) is 13.2. The lowest BCUT2D eigenvalue weighted by Crippen LogP contribution is -2.01. The molecule has 0 unspecified atom stereocenters. The zero-order chi connectivity index (χ0) is 13.8. The van der Waals surface area contributed by atoms with Crippen LogP contribution in [0.25, 0.3) is 0 Å². The summed E-state index contributed by atoms with van der Waals surface area (Å²) in [6.45, 7) is 4.59. The molecule has 1 heterocycles. The molecule has 0 radical (unpaired) electrons. The lowest BCUT2D eigenvalue weighted by molar-refractivity contribution is -0.384. The van der Waals surface area contributed by atoms with Gasteiger partial charge in [-0.25, -0.2) is 0 Å². The topological polar surface area (TPSA) is 55.2 Å². The van der Waals surface area contributed by atoms with Crippen molar-refractivity contribution in [3.63, 3.8) is 0 Å². The predicted molar refractivity (Wildman–Crippen MR) is 78.9 cm³/mol. The van der Waals surface area contributed by atoms with Crippen LogP contribution in [0.3, 0.4) is 0 Å². The SMILES string of the molecule is CCc1ccc(CNc2ccc(C)cc2[N+](=O)[O-])s1. The number of rotatable bonds is 5. The van der Waals surface area contributed by atoms with Crippen molar-refractivity contribution in [2.24, 2.45) is 0 Å². The first-order chi connectivity index (χ1) is 9.10. The second kappa shape index (κ2) is 5.84. The van der Waals surface area contributed by atoms with Gasteiger partial charge in [0.1, 0.15) is 5.69 Å². The molecule has 0 aliphatic heterocycles. The van der Waals surface area contributed by atoms with E-state index >= 15 is 0 Å². The third-order valence-corrected chi connectivity index (χ3v) is 4.10. The van der Waals surface area contributed by atoms with E-state index in [-0.39, 0.29) is 10.6 Å². The molecular weight excluding hydrogens is 260 g/mol.